The molecule has 8 nitrogen and oxygen atoms in total. The number of amides is 1. The van der Waals surface area contributed by atoms with E-state index in [-0.39, 0.29) is 4.90 Å². The third-order valence-corrected chi connectivity index (χ3v) is 12.0. The van der Waals surface area contributed by atoms with E-state index in [0.717, 1.165) is 88.7 Å². The van der Waals surface area contributed by atoms with Crippen molar-refractivity contribution in [2.24, 2.45) is 5.92 Å². The fourth-order valence-corrected chi connectivity index (χ4v) is 8.53. The maximum atomic E-state index is 13.3. The lowest BCUT2D eigenvalue weighted by atomic mass is 9.96. The molecule has 5 aromatic carbocycles. The monoisotopic (exact) mass is 727 g/mol. The summed E-state index contributed by atoms with van der Waals surface area (Å²) >= 11 is 0. The van der Waals surface area contributed by atoms with Crippen molar-refractivity contribution in [3.63, 3.8) is 0 Å². The second kappa shape index (κ2) is 16.8. The van der Waals surface area contributed by atoms with E-state index in [1.54, 1.807) is 30.3 Å². The van der Waals surface area contributed by atoms with Crippen LogP contribution >= 0.6 is 0 Å². The van der Waals surface area contributed by atoms with E-state index >= 15 is 0 Å². The number of piperazine rings is 1. The van der Waals surface area contributed by atoms with Crippen molar-refractivity contribution in [3.8, 4) is 11.1 Å². The molecule has 0 aromatic heterocycles. The first-order valence-corrected chi connectivity index (χ1v) is 20.2. The minimum atomic E-state index is -4.05. The standard InChI is InChI=1S/C44H49N5O3S/c1-34-30-41(20-21-43(34)45-31-35-22-24-47(25-23-35)32-36-10-4-2-5-11-36)53(51,52)46-44(50)38-16-18-40(19-17-38)49-28-26-48(27-29-49)33-39-14-8-9-15-42(39)37-12-6-3-7-13-37/h2-21,30,35,45H,22-29,31-33H2,1H3,(H,46,50). The van der Waals surface area contributed by atoms with Crippen LogP contribution in [0, 0.1) is 12.8 Å². The van der Waals surface area contributed by atoms with Crippen LogP contribution in [0.3, 0.4) is 0 Å². The predicted molar refractivity (Wildman–Crippen MR) is 215 cm³/mol. The zero-order chi connectivity index (χ0) is 36.6. The number of carbonyl (C=O) groups excluding carboxylic acids is 1. The Labute approximate surface area is 314 Å². The fraction of sp³-hybridized carbons (Fsp3) is 0.295. The van der Waals surface area contributed by atoms with Gasteiger partial charge in [-0.1, -0.05) is 84.9 Å². The van der Waals surface area contributed by atoms with E-state index in [1.807, 2.05) is 25.1 Å². The highest BCUT2D eigenvalue weighted by atomic mass is 32.2. The first kappa shape index (κ1) is 36.4. The Morgan fingerprint density at radius 3 is 2.04 bits per heavy atom. The summed E-state index contributed by atoms with van der Waals surface area (Å²) in [5, 5.41) is 3.54. The van der Waals surface area contributed by atoms with Crippen LogP contribution in [0.2, 0.25) is 0 Å². The largest absolute Gasteiger partial charge is 0.385 e. The molecule has 0 aliphatic carbocycles. The van der Waals surface area contributed by atoms with Crippen LogP contribution in [0.1, 0.15) is 39.9 Å². The molecule has 1 amide bonds. The number of hydrogen-bond donors (Lipinski definition) is 2. The van der Waals surface area contributed by atoms with E-state index in [9.17, 15) is 13.2 Å². The molecule has 2 aliphatic rings. The molecular formula is C44H49N5O3S. The SMILES string of the molecule is Cc1cc(S(=O)(=O)NC(=O)c2ccc(N3CCN(Cc4ccccc4-c4ccccc4)CC3)cc2)ccc1NCC1CCN(Cc2ccccc2)CC1. The summed E-state index contributed by atoms with van der Waals surface area (Å²) < 4.78 is 28.8. The predicted octanol–water partition coefficient (Wildman–Crippen LogP) is 7.43. The fourth-order valence-electron chi connectivity index (χ4n) is 7.47. The van der Waals surface area contributed by atoms with Crippen molar-refractivity contribution in [2.45, 2.75) is 37.8 Å². The van der Waals surface area contributed by atoms with E-state index in [4.69, 9.17) is 0 Å². The Kier molecular flexibility index (Phi) is 11.5. The summed E-state index contributed by atoms with van der Waals surface area (Å²) in [5.74, 6) is -0.0784. The molecule has 2 N–H and O–H groups in total. The molecule has 0 unspecified atom stereocenters. The van der Waals surface area contributed by atoms with Gasteiger partial charge in [-0.2, -0.15) is 0 Å². The van der Waals surface area contributed by atoms with E-state index in [0.29, 0.717) is 11.5 Å². The first-order chi connectivity index (χ1) is 25.8. The molecule has 2 fully saturated rings. The lowest BCUT2D eigenvalue weighted by Crippen LogP contribution is -2.46. The quantitative estimate of drug-likeness (QED) is 0.138. The zero-order valence-electron chi connectivity index (χ0n) is 30.5. The Morgan fingerprint density at radius 1 is 0.698 bits per heavy atom. The summed E-state index contributed by atoms with van der Waals surface area (Å²) in [6.07, 6.45) is 2.25. The molecule has 0 saturated carbocycles. The van der Waals surface area contributed by atoms with Crippen LogP contribution in [-0.4, -0.2) is 69.9 Å². The molecule has 274 valence electrons. The summed E-state index contributed by atoms with van der Waals surface area (Å²) in [4.78, 5) is 20.5. The molecule has 5 aromatic rings. The van der Waals surface area contributed by atoms with E-state index < -0.39 is 15.9 Å². The van der Waals surface area contributed by atoms with Crippen LogP contribution in [0.15, 0.2) is 132 Å². The minimum absolute atomic E-state index is 0.0732. The molecule has 2 saturated heterocycles. The van der Waals surface area contributed by atoms with E-state index in [1.165, 1.54) is 22.3 Å². The number of nitrogens with one attached hydrogen (secondary N) is 2. The van der Waals surface area contributed by atoms with Crippen LogP contribution in [0.25, 0.3) is 11.1 Å². The van der Waals surface area contributed by atoms with Gasteiger partial charge in [0, 0.05) is 62.8 Å². The number of likely N-dealkylation sites (tertiary alicyclic amines) is 1. The molecule has 2 heterocycles. The minimum Gasteiger partial charge on any atom is -0.385 e. The number of nitrogens with zero attached hydrogens (tertiary/aromatic N) is 3. The number of hydrogen-bond acceptors (Lipinski definition) is 7. The molecule has 2 aliphatic heterocycles. The van der Waals surface area contributed by atoms with Crippen molar-refractivity contribution >= 4 is 27.3 Å². The van der Waals surface area contributed by atoms with Crippen molar-refractivity contribution < 1.29 is 13.2 Å². The van der Waals surface area contributed by atoms with Crippen molar-refractivity contribution in [2.75, 3.05) is 56.0 Å². The Morgan fingerprint density at radius 2 is 1.34 bits per heavy atom. The van der Waals surface area contributed by atoms with Crippen LogP contribution in [0.5, 0.6) is 0 Å². The maximum absolute atomic E-state index is 13.3. The first-order valence-electron chi connectivity index (χ1n) is 18.7. The summed E-state index contributed by atoms with van der Waals surface area (Å²) in [7, 11) is -4.05. The number of aryl methyl sites for hydroxylation is 1. The molecule has 0 atom stereocenters. The molecule has 53 heavy (non-hydrogen) atoms. The number of piperidine rings is 1. The zero-order valence-corrected chi connectivity index (χ0v) is 31.3. The van der Waals surface area contributed by atoms with Gasteiger partial charge < -0.3 is 10.2 Å². The summed E-state index contributed by atoms with van der Waals surface area (Å²) in [6.45, 7) is 10.3. The van der Waals surface area contributed by atoms with Gasteiger partial charge in [-0.3, -0.25) is 14.6 Å². The van der Waals surface area contributed by atoms with Gasteiger partial charge in [-0.25, -0.2) is 13.1 Å². The van der Waals surface area contributed by atoms with Gasteiger partial charge in [0.25, 0.3) is 15.9 Å². The van der Waals surface area contributed by atoms with Gasteiger partial charge in [-0.15, -0.1) is 0 Å². The lowest BCUT2D eigenvalue weighted by Gasteiger charge is -2.36. The Bertz CT molecular complexity index is 2080. The second-order valence-electron chi connectivity index (χ2n) is 14.3. The third kappa shape index (κ3) is 9.35. The number of carbonyl (C=O) groups is 1. The van der Waals surface area contributed by atoms with Crippen molar-refractivity contribution in [1.29, 1.82) is 0 Å². The topological polar surface area (TPSA) is 85.0 Å². The van der Waals surface area contributed by atoms with Gasteiger partial charge in [0.05, 0.1) is 4.90 Å². The van der Waals surface area contributed by atoms with Crippen molar-refractivity contribution in [1.82, 2.24) is 14.5 Å². The number of rotatable bonds is 12. The van der Waals surface area contributed by atoms with Crippen LogP contribution in [0.4, 0.5) is 11.4 Å². The molecular weight excluding hydrogens is 679 g/mol. The molecule has 0 radical (unpaired) electrons. The van der Waals surface area contributed by atoms with Gasteiger partial charge in [0.1, 0.15) is 0 Å². The highest BCUT2D eigenvalue weighted by molar-refractivity contribution is 7.90. The van der Waals surface area contributed by atoms with Gasteiger partial charge >= 0.3 is 0 Å². The number of sulfonamides is 1. The number of benzene rings is 5. The molecule has 9 heteroatoms. The van der Waals surface area contributed by atoms with Gasteiger partial charge in [0.15, 0.2) is 0 Å². The van der Waals surface area contributed by atoms with Crippen molar-refractivity contribution in [3.05, 3.63) is 150 Å². The van der Waals surface area contributed by atoms with Crippen LogP contribution < -0.4 is 14.9 Å². The normalized spacial score (nSPS) is 16.0. The maximum Gasteiger partial charge on any atom is 0.264 e. The van der Waals surface area contributed by atoms with E-state index in [2.05, 4.69) is 104 Å². The second-order valence-corrected chi connectivity index (χ2v) is 16.0. The highest BCUT2D eigenvalue weighted by Gasteiger charge is 2.23. The Balaban J connectivity index is 0.876. The summed E-state index contributed by atoms with van der Waals surface area (Å²) in [5.41, 5.74) is 8.23. The highest BCUT2D eigenvalue weighted by Crippen LogP contribution is 2.27. The third-order valence-electron chi connectivity index (χ3n) is 10.6. The lowest BCUT2D eigenvalue weighted by molar-refractivity contribution is 0.0981. The molecule has 7 rings (SSSR count). The van der Waals surface area contributed by atoms with Gasteiger partial charge in [-0.05, 0) is 109 Å². The van der Waals surface area contributed by atoms with Crippen LogP contribution in [-0.2, 0) is 23.1 Å². The number of anilines is 2. The Hall–Kier alpha value is -4.96. The average molecular weight is 728 g/mol. The molecule has 0 spiro atoms. The van der Waals surface area contributed by atoms with Gasteiger partial charge in [0.2, 0.25) is 0 Å². The average Bonchev–Trinajstić information content (AvgIpc) is 3.19. The summed E-state index contributed by atoms with van der Waals surface area (Å²) in [6, 6.07) is 41.9. The smallest absolute Gasteiger partial charge is 0.264 e. The molecule has 0 bridgehead atoms.